The van der Waals surface area contributed by atoms with Gasteiger partial charge in [-0.05, 0) is 28.5 Å². The predicted octanol–water partition coefficient (Wildman–Crippen LogP) is 3.23. The highest BCUT2D eigenvalue weighted by Crippen LogP contribution is 2.31. The van der Waals surface area contributed by atoms with E-state index in [0.29, 0.717) is 11.5 Å². The van der Waals surface area contributed by atoms with Gasteiger partial charge in [-0.2, -0.15) is 0 Å². The zero-order chi connectivity index (χ0) is 15.5. The molecule has 3 N–H and O–H groups in total. The summed E-state index contributed by atoms with van der Waals surface area (Å²) in [5, 5.41) is 1.86. The van der Waals surface area contributed by atoms with Crippen LogP contribution in [0.15, 0.2) is 35.7 Å². The summed E-state index contributed by atoms with van der Waals surface area (Å²) in [4.78, 5) is 12.2. The average molecular weight is 304 g/mol. The first-order valence-electron chi connectivity index (χ1n) is 6.73. The van der Waals surface area contributed by atoms with Crippen LogP contribution in [-0.4, -0.2) is 5.91 Å². The Morgan fingerprint density at radius 3 is 2.67 bits per heavy atom. The van der Waals surface area contributed by atoms with Crippen molar-refractivity contribution >= 4 is 17.2 Å². The third-order valence-electron chi connectivity index (χ3n) is 3.16. The molecule has 0 aliphatic heterocycles. The molecule has 0 fully saturated rings. The molecule has 2 rings (SSSR count). The summed E-state index contributed by atoms with van der Waals surface area (Å²) in [6.07, 6.45) is 0. The maximum atomic E-state index is 11.7. The number of carbonyl (C=O) groups excluding carboxylic acids is 1. The van der Waals surface area contributed by atoms with Gasteiger partial charge in [-0.15, -0.1) is 11.3 Å². The maximum absolute atomic E-state index is 11.7. The number of benzene rings is 1. The van der Waals surface area contributed by atoms with Gasteiger partial charge in [0.15, 0.2) is 0 Å². The van der Waals surface area contributed by atoms with E-state index in [1.54, 1.807) is 0 Å². The van der Waals surface area contributed by atoms with Gasteiger partial charge in [0.05, 0.1) is 4.88 Å². The van der Waals surface area contributed by atoms with E-state index in [0.717, 1.165) is 16.9 Å². The molecule has 0 unspecified atom stereocenters. The van der Waals surface area contributed by atoms with Crippen molar-refractivity contribution in [2.75, 3.05) is 0 Å². The average Bonchev–Trinajstić information content (AvgIpc) is 2.92. The lowest BCUT2D eigenvalue weighted by Gasteiger charge is -2.22. The summed E-state index contributed by atoms with van der Waals surface area (Å²) in [6.45, 7) is 6.78. The molecule has 4 nitrogen and oxygen atoms in total. The maximum Gasteiger partial charge on any atom is 0.275 e. The molecule has 1 aromatic carbocycles. The highest BCUT2D eigenvalue weighted by molar-refractivity contribution is 7.12. The summed E-state index contributed by atoms with van der Waals surface area (Å²) >= 11 is 1.36. The molecule has 0 bridgehead atoms. The van der Waals surface area contributed by atoms with Crippen LogP contribution in [-0.2, 0) is 12.0 Å². The SMILES string of the molecule is CC(C)(C)c1ccccc1OCc1ccsc1C(=O)NN. The van der Waals surface area contributed by atoms with Crippen LogP contribution in [0, 0.1) is 0 Å². The Kier molecular flexibility index (Phi) is 4.65. The Hall–Kier alpha value is -1.85. The normalized spacial score (nSPS) is 11.2. The Morgan fingerprint density at radius 1 is 1.29 bits per heavy atom. The van der Waals surface area contributed by atoms with Crippen LogP contribution >= 0.6 is 11.3 Å². The summed E-state index contributed by atoms with van der Waals surface area (Å²) in [5.74, 6) is 5.75. The Balaban J connectivity index is 2.18. The van der Waals surface area contributed by atoms with Gasteiger partial charge in [-0.1, -0.05) is 39.0 Å². The number of rotatable bonds is 4. The van der Waals surface area contributed by atoms with E-state index in [9.17, 15) is 4.79 Å². The lowest BCUT2D eigenvalue weighted by molar-refractivity contribution is 0.0955. The molecule has 1 aromatic heterocycles. The van der Waals surface area contributed by atoms with E-state index in [4.69, 9.17) is 10.6 Å². The predicted molar refractivity (Wildman–Crippen MR) is 85.4 cm³/mol. The number of nitrogens with one attached hydrogen (secondary N) is 1. The standard InChI is InChI=1S/C16H20N2O2S/c1-16(2,3)12-6-4-5-7-13(12)20-10-11-8-9-21-14(11)15(19)18-17/h4-9H,10,17H2,1-3H3,(H,18,19). The first kappa shape index (κ1) is 15.5. The molecule has 5 heteroatoms. The van der Waals surface area contributed by atoms with Crippen molar-refractivity contribution in [2.24, 2.45) is 5.84 Å². The largest absolute Gasteiger partial charge is 0.489 e. The van der Waals surface area contributed by atoms with Gasteiger partial charge in [0.25, 0.3) is 5.91 Å². The Labute approximate surface area is 128 Å². The van der Waals surface area contributed by atoms with Gasteiger partial charge in [-0.3, -0.25) is 10.2 Å². The number of nitrogens with two attached hydrogens (primary N) is 1. The van der Waals surface area contributed by atoms with E-state index in [2.05, 4.69) is 32.3 Å². The van der Waals surface area contributed by atoms with Crippen LogP contribution in [0.2, 0.25) is 0 Å². The quantitative estimate of drug-likeness (QED) is 0.518. The fourth-order valence-electron chi connectivity index (χ4n) is 2.08. The molecular formula is C16H20N2O2S. The minimum Gasteiger partial charge on any atom is -0.489 e. The number of para-hydroxylation sites is 1. The second-order valence-corrected chi connectivity index (χ2v) is 6.70. The van der Waals surface area contributed by atoms with Crippen molar-refractivity contribution in [3.05, 3.63) is 51.7 Å². The van der Waals surface area contributed by atoms with Crippen LogP contribution in [0.25, 0.3) is 0 Å². The number of thiophene rings is 1. The molecule has 2 aromatic rings. The summed E-state index contributed by atoms with van der Waals surface area (Å²) in [5.41, 5.74) is 4.14. The molecule has 0 aliphatic rings. The van der Waals surface area contributed by atoms with Crippen LogP contribution < -0.4 is 16.0 Å². The smallest absolute Gasteiger partial charge is 0.275 e. The molecular weight excluding hydrogens is 284 g/mol. The fourth-order valence-corrected chi connectivity index (χ4v) is 2.89. The minimum absolute atomic E-state index is 0.00268. The molecule has 0 saturated carbocycles. The van der Waals surface area contributed by atoms with Gasteiger partial charge in [0, 0.05) is 5.56 Å². The first-order valence-corrected chi connectivity index (χ1v) is 7.61. The van der Waals surface area contributed by atoms with Crippen molar-refractivity contribution in [1.82, 2.24) is 5.43 Å². The molecule has 0 radical (unpaired) electrons. The van der Waals surface area contributed by atoms with Crippen molar-refractivity contribution in [3.8, 4) is 5.75 Å². The third-order valence-corrected chi connectivity index (χ3v) is 4.12. The molecule has 112 valence electrons. The first-order chi connectivity index (χ1) is 9.93. The van der Waals surface area contributed by atoms with Crippen molar-refractivity contribution < 1.29 is 9.53 Å². The Bertz CT molecular complexity index is 629. The minimum atomic E-state index is -0.285. The lowest BCUT2D eigenvalue weighted by Crippen LogP contribution is -2.30. The number of hydrogen-bond acceptors (Lipinski definition) is 4. The summed E-state index contributed by atoms with van der Waals surface area (Å²) in [7, 11) is 0. The van der Waals surface area contributed by atoms with Crippen molar-refractivity contribution in [2.45, 2.75) is 32.8 Å². The van der Waals surface area contributed by atoms with Gasteiger partial charge in [0.2, 0.25) is 0 Å². The second-order valence-electron chi connectivity index (χ2n) is 5.78. The molecule has 0 spiro atoms. The monoisotopic (exact) mass is 304 g/mol. The number of amides is 1. The third kappa shape index (κ3) is 3.62. The highest BCUT2D eigenvalue weighted by Gasteiger charge is 2.19. The van der Waals surface area contributed by atoms with E-state index >= 15 is 0 Å². The van der Waals surface area contributed by atoms with Crippen LogP contribution in [0.1, 0.15) is 41.6 Å². The molecule has 0 atom stereocenters. The van der Waals surface area contributed by atoms with E-state index in [1.807, 2.05) is 29.6 Å². The number of hydrogen-bond donors (Lipinski definition) is 2. The van der Waals surface area contributed by atoms with E-state index in [-0.39, 0.29) is 11.3 Å². The Morgan fingerprint density at radius 2 is 2.00 bits per heavy atom. The van der Waals surface area contributed by atoms with Gasteiger partial charge >= 0.3 is 0 Å². The molecule has 0 saturated heterocycles. The van der Waals surface area contributed by atoms with Crippen molar-refractivity contribution in [3.63, 3.8) is 0 Å². The van der Waals surface area contributed by atoms with Crippen LogP contribution in [0.3, 0.4) is 0 Å². The number of ether oxygens (including phenoxy) is 1. The van der Waals surface area contributed by atoms with E-state index in [1.165, 1.54) is 11.3 Å². The molecule has 0 aliphatic carbocycles. The number of carbonyl (C=O) groups is 1. The number of nitrogen functional groups attached to an aromatic ring is 1. The topological polar surface area (TPSA) is 64.3 Å². The van der Waals surface area contributed by atoms with Crippen LogP contribution in [0.5, 0.6) is 5.75 Å². The molecule has 1 heterocycles. The molecule has 1 amide bonds. The fraction of sp³-hybridized carbons (Fsp3) is 0.312. The second kappa shape index (κ2) is 6.28. The number of hydrazine groups is 1. The zero-order valence-electron chi connectivity index (χ0n) is 12.5. The van der Waals surface area contributed by atoms with E-state index < -0.39 is 0 Å². The van der Waals surface area contributed by atoms with Gasteiger partial charge < -0.3 is 4.74 Å². The van der Waals surface area contributed by atoms with Crippen molar-refractivity contribution in [1.29, 1.82) is 0 Å². The summed E-state index contributed by atoms with van der Waals surface area (Å²) in [6, 6.07) is 9.86. The van der Waals surface area contributed by atoms with Gasteiger partial charge in [-0.25, -0.2) is 5.84 Å². The zero-order valence-corrected chi connectivity index (χ0v) is 13.3. The summed E-state index contributed by atoms with van der Waals surface area (Å²) < 4.78 is 5.93. The molecule has 21 heavy (non-hydrogen) atoms. The lowest BCUT2D eigenvalue weighted by atomic mass is 9.86. The van der Waals surface area contributed by atoms with Crippen LogP contribution in [0.4, 0.5) is 0 Å². The van der Waals surface area contributed by atoms with Gasteiger partial charge in [0.1, 0.15) is 12.4 Å². The highest BCUT2D eigenvalue weighted by atomic mass is 32.1.